The Morgan fingerprint density at radius 2 is 1.88 bits per heavy atom. The molecule has 0 saturated heterocycles. The molecule has 0 spiro atoms. The van der Waals surface area contributed by atoms with Gasteiger partial charge in [0.25, 0.3) is 0 Å². The molecule has 0 radical (unpaired) electrons. The van der Waals surface area contributed by atoms with Crippen molar-refractivity contribution < 1.29 is 0 Å². The zero-order chi connectivity index (χ0) is 11.7. The fraction of sp³-hybridized carbons (Fsp3) is 0.250. The summed E-state index contributed by atoms with van der Waals surface area (Å²) in [5.74, 6) is 0. The zero-order valence-corrected chi connectivity index (χ0v) is 10.1. The molecule has 0 fully saturated rings. The molecule has 0 bridgehead atoms. The van der Waals surface area contributed by atoms with Crippen LogP contribution < -0.4 is 5.32 Å². The summed E-state index contributed by atoms with van der Waals surface area (Å²) in [6, 6.07) is 17.9. The predicted molar refractivity (Wildman–Crippen MR) is 72.3 cm³/mol. The molecule has 1 N–H and O–H groups in total. The Morgan fingerprint density at radius 1 is 1.06 bits per heavy atom. The van der Waals surface area contributed by atoms with Crippen molar-refractivity contribution in [3.8, 4) is 0 Å². The molecule has 86 valence electrons. The van der Waals surface area contributed by atoms with Gasteiger partial charge in [-0.1, -0.05) is 42.5 Å². The fourth-order valence-electron chi connectivity index (χ4n) is 2.54. The van der Waals surface area contributed by atoms with Gasteiger partial charge in [0.05, 0.1) is 6.04 Å². The molecule has 0 aliphatic carbocycles. The van der Waals surface area contributed by atoms with Crippen LogP contribution in [0.1, 0.15) is 29.2 Å². The normalized spacial score (nSPS) is 18.3. The van der Waals surface area contributed by atoms with Gasteiger partial charge in [0, 0.05) is 5.69 Å². The highest BCUT2D eigenvalue weighted by Crippen LogP contribution is 2.32. The van der Waals surface area contributed by atoms with Crippen molar-refractivity contribution in [3.05, 3.63) is 65.2 Å². The van der Waals surface area contributed by atoms with Crippen molar-refractivity contribution in [2.24, 2.45) is 0 Å². The van der Waals surface area contributed by atoms with Crippen LogP contribution in [0, 0.1) is 6.92 Å². The number of anilines is 1. The highest BCUT2D eigenvalue weighted by atomic mass is 14.9. The molecular weight excluding hydrogens is 206 g/mol. The quantitative estimate of drug-likeness (QED) is 0.767. The standard InChI is InChI=1S/C16H17N/c1-12-7-8-14-9-10-15(17-16(14)11-12)13-5-3-2-4-6-13/h2-8,11,15,17H,9-10H2,1H3/t15-/m0/s1. The molecule has 2 aromatic carbocycles. The van der Waals surface area contributed by atoms with E-state index in [1.807, 2.05) is 0 Å². The molecule has 2 aromatic rings. The molecular formula is C16H17N. The van der Waals surface area contributed by atoms with E-state index in [4.69, 9.17) is 0 Å². The molecule has 1 atom stereocenters. The smallest absolute Gasteiger partial charge is 0.0517 e. The topological polar surface area (TPSA) is 12.0 Å². The van der Waals surface area contributed by atoms with Gasteiger partial charge in [-0.25, -0.2) is 0 Å². The minimum atomic E-state index is 0.463. The highest BCUT2D eigenvalue weighted by molar-refractivity contribution is 5.56. The maximum atomic E-state index is 3.65. The highest BCUT2D eigenvalue weighted by Gasteiger charge is 2.18. The summed E-state index contributed by atoms with van der Waals surface area (Å²) >= 11 is 0. The van der Waals surface area contributed by atoms with Crippen LogP contribution in [0.5, 0.6) is 0 Å². The number of hydrogen-bond acceptors (Lipinski definition) is 1. The monoisotopic (exact) mass is 223 g/mol. The van der Waals surface area contributed by atoms with Crippen LogP contribution in [-0.4, -0.2) is 0 Å². The van der Waals surface area contributed by atoms with Crippen LogP contribution in [0.3, 0.4) is 0 Å². The van der Waals surface area contributed by atoms with E-state index in [1.54, 1.807) is 0 Å². The lowest BCUT2D eigenvalue weighted by Crippen LogP contribution is -2.17. The zero-order valence-electron chi connectivity index (χ0n) is 10.1. The summed E-state index contributed by atoms with van der Waals surface area (Å²) in [5, 5.41) is 3.65. The van der Waals surface area contributed by atoms with Crippen LogP contribution in [0.2, 0.25) is 0 Å². The molecule has 0 saturated carbocycles. The summed E-state index contributed by atoms with van der Waals surface area (Å²) < 4.78 is 0. The first-order chi connectivity index (χ1) is 8.33. The van der Waals surface area contributed by atoms with Crippen LogP contribution in [-0.2, 0) is 6.42 Å². The van der Waals surface area contributed by atoms with Crippen molar-refractivity contribution in [2.75, 3.05) is 5.32 Å². The van der Waals surface area contributed by atoms with Crippen molar-refractivity contribution in [2.45, 2.75) is 25.8 Å². The molecule has 1 aliphatic heterocycles. The first-order valence-electron chi connectivity index (χ1n) is 6.24. The second-order valence-electron chi connectivity index (χ2n) is 4.81. The number of benzene rings is 2. The van der Waals surface area contributed by atoms with Crippen molar-refractivity contribution in [3.63, 3.8) is 0 Å². The van der Waals surface area contributed by atoms with Crippen LogP contribution in [0.15, 0.2) is 48.5 Å². The lowest BCUT2D eigenvalue weighted by Gasteiger charge is -2.27. The van der Waals surface area contributed by atoms with E-state index in [1.165, 1.54) is 35.2 Å². The first-order valence-corrected chi connectivity index (χ1v) is 6.24. The second kappa shape index (κ2) is 4.25. The Labute approximate surface area is 102 Å². The van der Waals surface area contributed by atoms with Gasteiger partial charge in [0.2, 0.25) is 0 Å². The Morgan fingerprint density at radius 3 is 2.71 bits per heavy atom. The van der Waals surface area contributed by atoms with Gasteiger partial charge in [-0.05, 0) is 42.5 Å². The van der Waals surface area contributed by atoms with E-state index in [0.29, 0.717) is 6.04 Å². The van der Waals surface area contributed by atoms with E-state index < -0.39 is 0 Å². The van der Waals surface area contributed by atoms with Crippen molar-refractivity contribution in [1.82, 2.24) is 0 Å². The van der Waals surface area contributed by atoms with E-state index in [-0.39, 0.29) is 0 Å². The van der Waals surface area contributed by atoms with Crippen LogP contribution >= 0.6 is 0 Å². The van der Waals surface area contributed by atoms with Gasteiger partial charge in [0.1, 0.15) is 0 Å². The van der Waals surface area contributed by atoms with E-state index >= 15 is 0 Å². The predicted octanol–water partition coefficient (Wildman–Crippen LogP) is 4.09. The summed E-state index contributed by atoms with van der Waals surface area (Å²) in [5.41, 5.74) is 5.47. The minimum absolute atomic E-state index is 0.463. The summed E-state index contributed by atoms with van der Waals surface area (Å²) in [7, 11) is 0. The van der Waals surface area contributed by atoms with Crippen molar-refractivity contribution in [1.29, 1.82) is 0 Å². The van der Waals surface area contributed by atoms with Gasteiger partial charge in [-0.15, -0.1) is 0 Å². The van der Waals surface area contributed by atoms with Crippen LogP contribution in [0.4, 0.5) is 5.69 Å². The number of fused-ring (bicyclic) bond motifs is 1. The third-order valence-electron chi connectivity index (χ3n) is 3.50. The fourth-order valence-corrected chi connectivity index (χ4v) is 2.54. The van der Waals surface area contributed by atoms with E-state index in [0.717, 1.165) is 0 Å². The molecule has 1 nitrogen and oxygen atoms in total. The largest absolute Gasteiger partial charge is 0.378 e. The Hall–Kier alpha value is -1.76. The van der Waals surface area contributed by atoms with Gasteiger partial charge < -0.3 is 5.32 Å². The molecule has 0 amide bonds. The number of aryl methyl sites for hydroxylation is 2. The molecule has 17 heavy (non-hydrogen) atoms. The lowest BCUT2D eigenvalue weighted by atomic mass is 9.93. The molecule has 1 aliphatic rings. The SMILES string of the molecule is Cc1ccc2c(c1)N[C@H](c1ccccc1)CC2. The Bertz CT molecular complexity index is 516. The molecule has 1 heteroatoms. The van der Waals surface area contributed by atoms with Crippen molar-refractivity contribution >= 4 is 5.69 Å². The van der Waals surface area contributed by atoms with Gasteiger partial charge in [-0.3, -0.25) is 0 Å². The number of nitrogens with one attached hydrogen (secondary N) is 1. The minimum Gasteiger partial charge on any atom is -0.378 e. The van der Waals surface area contributed by atoms with E-state index in [9.17, 15) is 0 Å². The molecule has 0 aromatic heterocycles. The molecule has 1 heterocycles. The Balaban J connectivity index is 1.90. The second-order valence-corrected chi connectivity index (χ2v) is 4.81. The van der Waals surface area contributed by atoms with Crippen LogP contribution in [0.25, 0.3) is 0 Å². The summed E-state index contributed by atoms with van der Waals surface area (Å²) in [4.78, 5) is 0. The maximum absolute atomic E-state index is 3.65. The molecule has 3 rings (SSSR count). The average Bonchev–Trinajstić information content (AvgIpc) is 2.39. The lowest BCUT2D eigenvalue weighted by molar-refractivity contribution is 0.667. The van der Waals surface area contributed by atoms with Gasteiger partial charge in [0.15, 0.2) is 0 Å². The third kappa shape index (κ3) is 2.05. The summed E-state index contributed by atoms with van der Waals surface area (Å²) in [6.07, 6.45) is 2.35. The Kier molecular flexibility index (Phi) is 2.60. The summed E-state index contributed by atoms with van der Waals surface area (Å²) in [6.45, 7) is 2.15. The average molecular weight is 223 g/mol. The van der Waals surface area contributed by atoms with Gasteiger partial charge >= 0.3 is 0 Å². The first kappa shape index (κ1) is 10.4. The number of rotatable bonds is 1. The van der Waals surface area contributed by atoms with Gasteiger partial charge in [-0.2, -0.15) is 0 Å². The number of hydrogen-bond donors (Lipinski definition) is 1. The van der Waals surface area contributed by atoms with E-state index in [2.05, 4.69) is 60.8 Å². The third-order valence-corrected chi connectivity index (χ3v) is 3.50. The maximum Gasteiger partial charge on any atom is 0.0517 e. The molecule has 0 unspecified atom stereocenters.